The molecule has 0 aromatic heterocycles. The van der Waals surface area contributed by atoms with Crippen molar-refractivity contribution >= 4 is 0 Å². The molecule has 0 amide bonds. The molecule has 0 atom stereocenters. The van der Waals surface area contributed by atoms with Crippen molar-refractivity contribution < 1.29 is 98.3 Å². The van der Waals surface area contributed by atoms with E-state index < -0.39 is 12.6 Å². The predicted molar refractivity (Wildman–Crippen MR) is 64.0 cm³/mol. The van der Waals surface area contributed by atoms with Crippen molar-refractivity contribution in [2.24, 2.45) is 0 Å². The predicted octanol–water partition coefficient (Wildman–Crippen LogP) is 1.38. The molecular formula is C13H20O4Zn4. The summed E-state index contributed by atoms with van der Waals surface area (Å²) in [5, 5.41) is 36.6. The van der Waals surface area contributed by atoms with Crippen LogP contribution in [-0.2, 0) is 84.3 Å². The second-order valence-corrected chi connectivity index (χ2v) is 4.16. The monoisotopic (exact) mass is 496 g/mol. The number of aliphatic hydroxyl groups excluding tert-OH is 2. The Kier molecular flexibility index (Phi) is 23.8. The Morgan fingerprint density at radius 3 is 1.86 bits per heavy atom. The third kappa shape index (κ3) is 10.9. The van der Waals surface area contributed by atoms with Gasteiger partial charge in [-0.05, 0) is 18.4 Å². The molecule has 8 heteroatoms. The van der Waals surface area contributed by atoms with Gasteiger partial charge < -0.3 is 20.4 Å². The summed E-state index contributed by atoms with van der Waals surface area (Å²) in [6, 6.07) is 4.64. The zero-order valence-electron chi connectivity index (χ0n) is 12.8. The van der Waals surface area contributed by atoms with E-state index in [1.54, 1.807) is 6.07 Å². The van der Waals surface area contributed by atoms with E-state index in [1.165, 1.54) is 12.1 Å². The Bertz CT molecular complexity index is 362. The number of aliphatic hydroxyl groups is 4. The molecule has 4 nitrogen and oxygen atoms in total. The zero-order chi connectivity index (χ0) is 12.8. The fourth-order valence-corrected chi connectivity index (χ4v) is 1.82. The van der Waals surface area contributed by atoms with Crippen molar-refractivity contribution in [2.75, 3.05) is 0 Å². The molecule has 1 aromatic carbocycles. The molecule has 0 aliphatic rings. The van der Waals surface area contributed by atoms with E-state index in [9.17, 15) is 10.2 Å². The molecule has 0 saturated heterocycles. The first-order valence-electron chi connectivity index (χ1n) is 5.91. The maximum atomic E-state index is 9.22. The summed E-state index contributed by atoms with van der Waals surface area (Å²) in [5.74, 6) is 0. The standard InChI is InChI=1S/C13H20O4.4Zn/c1-2-3-4-5-9-8-10(12(14)15)6-7-11(9)13(16)17;;;;/h6-8,12-17H,2-5H2,1H3;;;;. The summed E-state index contributed by atoms with van der Waals surface area (Å²) in [5.41, 5.74) is 1.57. The van der Waals surface area contributed by atoms with Gasteiger partial charge >= 0.3 is 0 Å². The van der Waals surface area contributed by atoms with Crippen LogP contribution in [0.3, 0.4) is 0 Å². The third-order valence-electron chi connectivity index (χ3n) is 2.79. The van der Waals surface area contributed by atoms with Crippen molar-refractivity contribution in [3.05, 3.63) is 34.9 Å². The first-order chi connectivity index (χ1) is 8.06. The third-order valence-corrected chi connectivity index (χ3v) is 2.79. The van der Waals surface area contributed by atoms with Crippen LogP contribution in [0.2, 0.25) is 0 Å². The number of benzene rings is 1. The molecular weight excluding hydrogens is 482 g/mol. The Balaban J connectivity index is -0.000000361. The average molecular weight is 502 g/mol. The minimum atomic E-state index is -1.52. The molecule has 0 unspecified atom stereocenters. The molecule has 21 heavy (non-hydrogen) atoms. The molecule has 1 rings (SSSR count). The molecule has 0 fully saturated rings. The number of aryl methyl sites for hydroxylation is 1. The molecule has 0 bridgehead atoms. The Morgan fingerprint density at radius 1 is 0.857 bits per heavy atom. The van der Waals surface area contributed by atoms with Crippen LogP contribution < -0.4 is 0 Å². The largest absolute Gasteiger partial charge is 0.364 e. The Labute approximate surface area is 177 Å². The van der Waals surface area contributed by atoms with Crippen molar-refractivity contribution in [3.8, 4) is 0 Å². The van der Waals surface area contributed by atoms with Gasteiger partial charge in [0.1, 0.15) is 0 Å². The van der Waals surface area contributed by atoms with Crippen LogP contribution in [0.4, 0.5) is 0 Å². The van der Waals surface area contributed by atoms with Crippen LogP contribution in [0, 0.1) is 0 Å². The van der Waals surface area contributed by atoms with E-state index in [-0.39, 0.29) is 77.9 Å². The zero-order valence-corrected chi connectivity index (χ0v) is 24.7. The first-order valence-corrected chi connectivity index (χ1v) is 5.91. The summed E-state index contributed by atoms with van der Waals surface area (Å²) in [6.07, 6.45) is 0.760. The first kappa shape index (κ1) is 30.4. The van der Waals surface area contributed by atoms with Gasteiger partial charge in [0, 0.05) is 89.0 Å². The summed E-state index contributed by atoms with van der Waals surface area (Å²) in [4.78, 5) is 0. The fraction of sp³-hybridized carbons (Fsp3) is 0.538. The molecule has 0 heterocycles. The second kappa shape index (κ2) is 16.4. The number of hydrogen-bond acceptors (Lipinski definition) is 4. The fourth-order valence-electron chi connectivity index (χ4n) is 1.82. The van der Waals surface area contributed by atoms with Crippen LogP contribution in [-0.4, -0.2) is 20.4 Å². The van der Waals surface area contributed by atoms with Crippen LogP contribution in [0.5, 0.6) is 0 Å². The molecule has 0 saturated carbocycles. The molecule has 0 aliphatic carbocycles. The normalized spacial score (nSPS) is 9.29. The van der Waals surface area contributed by atoms with Crippen molar-refractivity contribution in [1.29, 1.82) is 0 Å². The van der Waals surface area contributed by atoms with Crippen LogP contribution >= 0.6 is 0 Å². The van der Waals surface area contributed by atoms with Gasteiger partial charge in [-0.2, -0.15) is 0 Å². The molecule has 4 N–H and O–H groups in total. The van der Waals surface area contributed by atoms with E-state index in [0.717, 1.165) is 24.8 Å². The van der Waals surface area contributed by atoms with Crippen LogP contribution in [0.25, 0.3) is 0 Å². The Hall–Kier alpha value is 1.55. The van der Waals surface area contributed by atoms with Crippen molar-refractivity contribution in [1.82, 2.24) is 0 Å². The van der Waals surface area contributed by atoms with Gasteiger partial charge in [0.2, 0.25) is 0 Å². The van der Waals surface area contributed by atoms with Crippen molar-refractivity contribution in [2.45, 2.75) is 45.2 Å². The van der Waals surface area contributed by atoms with Crippen LogP contribution in [0.15, 0.2) is 18.2 Å². The summed E-state index contributed by atoms with van der Waals surface area (Å²) in [6.45, 7) is 2.09. The quantitative estimate of drug-likeness (QED) is 0.270. The van der Waals surface area contributed by atoms with Gasteiger partial charge in [0.15, 0.2) is 12.6 Å². The van der Waals surface area contributed by atoms with Crippen LogP contribution in [0.1, 0.15) is 55.5 Å². The average Bonchev–Trinajstić information content (AvgIpc) is 2.28. The van der Waals surface area contributed by atoms with E-state index in [4.69, 9.17) is 10.2 Å². The molecule has 104 valence electrons. The minimum absolute atomic E-state index is 0. The smallest absolute Gasteiger partial charge is 0.178 e. The van der Waals surface area contributed by atoms with E-state index >= 15 is 0 Å². The SMILES string of the molecule is CCCCCc1cc(C(O)O)ccc1C(O)O.[Zn].[Zn].[Zn].[Zn]. The van der Waals surface area contributed by atoms with Gasteiger partial charge in [-0.15, -0.1) is 0 Å². The van der Waals surface area contributed by atoms with E-state index in [0.29, 0.717) is 17.5 Å². The molecule has 0 radical (unpaired) electrons. The number of hydrogen-bond donors (Lipinski definition) is 4. The Morgan fingerprint density at radius 2 is 1.43 bits per heavy atom. The maximum absolute atomic E-state index is 9.22. The summed E-state index contributed by atoms with van der Waals surface area (Å²) in [7, 11) is 0. The van der Waals surface area contributed by atoms with Gasteiger partial charge in [-0.1, -0.05) is 38.0 Å². The molecule has 1 aromatic rings. The number of unbranched alkanes of at least 4 members (excludes halogenated alkanes) is 2. The minimum Gasteiger partial charge on any atom is -0.364 e. The van der Waals surface area contributed by atoms with Gasteiger partial charge in [-0.25, -0.2) is 0 Å². The van der Waals surface area contributed by atoms with E-state index in [2.05, 4.69) is 6.92 Å². The van der Waals surface area contributed by atoms with Gasteiger partial charge in [0.25, 0.3) is 0 Å². The molecule has 0 aliphatic heterocycles. The van der Waals surface area contributed by atoms with Gasteiger partial charge in [-0.3, -0.25) is 0 Å². The molecule has 0 spiro atoms. The maximum Gasteiger partial charge on any atom is 0.178 e. The summed E-state index contributed by atoms with van der Waals surface area (Å²) >= 11 is 0. The number of rotatable bonds is 6. The van der Waals surface area contributed by atoms with Crippen molar-refractivity contribution in [3.63, 3.8) is 0 Å². The summed E-state index contributed by atoms with van der Waals surface area (Å²) < 4.78 is 0. The topological polar surface area (TPSA) is 80.9 Å². The van der Waals surface area contributed by atoms with Gasteiger partial charge in [0.05, 0.1) is 0 Å². The van der Waals surface area contributed by atoms with E-state index in [1.807, 2.05) is 0 Å². The second-order valence-electron chi connectivity index (χ2n) is 4.16.